The third-order valence-corrected chi connectivity index (χ3v) is 5.65. The molecule has 1 saturated heterocycles. The summed E-state index contributed by atoms with van der Waals surface area (Å²) in [7, 11) is 0. The number of nitrogens with one attached hydrogen (secondary N) is 1. The number of carbonyl (C=O) groups is 4. The number of benzene rings is 2. The molecule has 4 rings (SSSR count). The number of carbonyl (C=O) groups excluding carboxylic acids is 3. The molecule has 2 aliphatic rings. The van der Waals surface area contributed by atoms with Gasteiger partial charge in [-0.25, -0.2) is 4.79 Å². The lowest BCUT2D eigenvalue weighted by Crippen LogP contribution is -2.31. The fourth-order valence-electron chi connectivity index (χ4n) is 4.06. The summed E-state index contributed by atoms with van der Waals surface area (Å²) in [6.45, 7) is 1.94. The lowest BCUT2D eigenvalue weighted by molar-refractivity contribution is -0.122. The minimum absolute atomic E-state index is 0.0165. The van der Waals surface area contributed by atoms with Crippen molar-refractivity contribution in [1.82, 2.24) is 0 Å². The molecule has 30 heavy (non-hydrogen) atoms. The van der Waals surface area contributed by atoms with Crippen LogP contribution in [0.1, 0.15) is 34.1 Å². The van der Waals surface area contributed by atoms with Gasteiger partial charge < -0.3 is 10.4 Å². The van der Waals surface area contributed by atoms with E-state index < -0.39 is 5.97 Å². The predicted octanol–water partition coefficient (Wildman–Crippen LogP) is 3.34. The maximum atomic E-state index is 12.8. The first-order valence-electron chi connectivity index (χ1n) is 9.66. The monoisotopic (exact) mass is 404 g/mol. The van der Waals surface area contributed by atoms with Crippen LogP contribution in [0.3, 0.4) is 0 Å². The van der Waals surface area contributed by atoms with E-state index in [2.05, 4.69) is 5.32 Å². The number of allylic oxidation sites excluding steroid dienone is 2. The normalized spacial score (nSPS) is 22.7. The molecule has 1 aliphatic carbocycles. The fraction of sp³-hybridized carbons (Fsp3) is 0.217. The number of amides is 3. The number of carboxylic acid groups (broad SMARTS) is 1. The molecular formula is C23H20N2O5. The van der Waals surface area contributed by atoms with Crippen molar-refractivity contribution in [3.8, 4) is 0 Å². The van der Waals surface area contributed by atoms with Gasteiger partial charge in [-0.1, -0.05) is 19.1 Å². The highest BCUT2D eigenvalue weighted by Crippen LogP contribution is 2.40. The molecule has 0 saturated carbocycles. The molecule has 0 bridgehead atoms. The van der Waals surface area contributed by atoms with Crippen molar-refractivity contribution in [2.45, 2.75) is 13.3 Å². The van der Waals surface area contributed by atoms with E-state index in [-0.39, 0.29) is 41.0 Å². The van der Waals surface area contributed by atoms with Crippen LogP contribution in [0.5, 0.6) is 0 Å². The predicted molar refractivity (Wildman–Crippen MR) is 110 cm³/mol. The summed E-state index contributed by atoms with van der Waals surface area (Å²) in [5.74, 6) is -2.46. The SMILES string of the molecule is C[C@@H]1C=CC[C@@H]2C(=O)N(c3ccc(C(=O)Nc4ccc(C(=O)O)cc4)cc3)C(=O)[C@H]12. The average Bonchev–Trinajstić information content (AvgIpc) is 3.00. The van der Waals surface area contributed by atoms with E-state index in [1.165, 1.54) is 29.2 Å². The van der Waals surface area contributed by atoms with Crippen LogP contribution in [0.4, 0.5) is 11.4 Å². The van der Waals surface area contributed by atoms with E-state index in [4.69, 9.17) is 5.11 Å². The first-order chi connectivity index (χ1) is 14.4. The molecule has 2 N–H and O–H groups in total. The number of hydrogen-bond donors (Lipinski definition) is 2. The second kappa shape index (κ2) is 7.59. The lowest BCUT2D eigenvalue weighted by Gasteiger charge is -2.22. The Bertz CT molecular complexity index is 1060. The quantitative estimate of drug-likeness (QED) is 0.601. The van der Waals surface area contributed by atoms with Crippen LogP contribution < -0.4 is 10.2 Å². The standard InChI is InChI=1S/C23H20N2O5/c1-13-3-2-4-18-19(13)22(28)25(21(18)27)17-11-7-14(8-12-17)20(26)24-16-9-5-15(6-10-16)23(29)30/h2-3,5-13,18-19H,4H2,1H3,(H,24,26)(H,29,30)/t13-,18+,19-/m1/s1. The van der Waals surface area contributed by atoms with Crippen molar-refractivity contribution in [1.29, 1.82) is 0 Å². The highest BCUT2D eigenvalue weighted by molar-refractivity contribution is 6.22. The summed E-state index contributed by atoms with van der Waals surface area (Å²) in [5, 5.41) is 11.6. The van der Waals surface area contributed by atoms with Crippen LogP contribution in [0.15, 0.2) is 60.7 Å². The molecule has 7 nitrogen and oxygen atoms in total. The van der Waals surface area contributed by atoms with Gasteiger partial charge in [0.05, 0.1) is 23.1 Å². The van der Waals surface area contributed by atoms with Gasteiger partial charge in [0.2, 0.25) is 11.8 Å². The molecule has 0 spiro atoms. The first-order valence-corrected chi connectivity index (χ1v) is 9.66. The minimum atomic E-state index is -1.04. The first kappa shape index (κ1) is 19.6. The molecule has 152 valence electrons. The van der Waals surface area contributed by atoms with Gasteiger partial charge in [0.25, 0.3) is 5.91 Å². The molecule has 0 aromatic heterocycles. The van der Waals surface area contributed by atoms with Crippen LogP contribution in [0.25, 0.3) is 0 Å². The summed E-state index contributed by atoms with van der Waals surface area (Å²) in [4.78, 5) is 50.2. The van der Waals surface area contributed by atoms with Crippen molar-refractivity contribution < 1.29 is 24.3 Å². The average molecular weight is 404 g/mol. The number of imide groups is 1. The number of rotatable bonds is 4. The largest absolute Gasteiger partial charge is 0.478 e. The van der Waals surface area contributed by atoms with E-state index in [0.717, 1.165) is 0 Å². The summed E-state index contributed by atoms with van der Waals surface area (Å²) in [6, 6.07) is 12.1. The van der Waals surface area contributed by atoms with Gasteiger partial charge in [-0.15, -0.1) is 0 Å². The van der Waals surface area contributed by atoms with Crippen LogP contribution in [-0.2, 0) is 9.59 Å². The van der Waals surface area contributed by atoms with E-state index in [1.807, 2.05) is 19.1 Å². The van der Waals surface area contributed by atoms with Gasteiger partial charge in [-0.3, -0.25) is 19.3 Å². The third-order valence-electron chi connectivity index (χ3n) is 5.65. The van der Waals surface area contributed by atoms with E-state index in [1.54, 1.807) is 24.3 Å². The van der Waals surface area contributed by atoms with Gasteiger partial charge in [-0.05, 0) is 60.9 Å². The summed E-state index contributed by atoms with van der Waals surface area (Å²) in [5.41, 5.74) is 1.40. The molecule has 0 unspecified atom stereocenters. The Hall–Kier alpha value is -3.74. The number of fused-ring (bicyclic) bond motifs is 1. The molecule has 3 amide bonds. The van der Waals surface area contributed by atoms with E-state index in [9.17, 15) is 19.2 Å². The molecular weight excluding hydrogens is 384 g/mol. The Labute approximate surface area is 173 Å². The van der Waals surface area contributed by atoms with Crippen LogP contribution in [0.2, 0.25) is 0 Å². The maximum absolute atomic E-state index is 12.8. The molecule has 1 aliphatic heterocycles. The second-order valence-corrected chi connectivity index (χ2v) is 7.55. The van der Waals surface area contributed by atoms with E-state index >= 15 is 0 Å². The maximum Gasteiger partial charge on any atom is 0.335 e. The summed E-state index contributed by atoms with van der Waals surface area (Å²) >= 11 is 0. The lowest BCUT2D eigenvalue weighted by atomic mass is 9.78. The van der Waals surface area contributed by atoms with Gasteiger partial charge >= 0.3 is 5.97 Å². The zero-order chi connectivity index (χ0) is 21.4. The fourth-order valence-corrected chi connectivity index (χ4v) is 4.06. The Balaban J connectivity index is 1.49. The van der Waals surface area contributed by atoms with E-state index in [0.29, 0.717) is 23.4 Å². The summed E-state index contributed by atoms with van der Waals surface area (Å²) in [6.07, 6.45) is 4.50. The zero-order valence-corrected chi connectivity index (χ0v) is 16.2. The number of carboxylic acids is 1. The van der Waals surface area contributed by atoms with Crippen molar-refractivity contribution >= 4 is 35.1 Å². The van der Waals surface area contributed by atoms with Crippen LogP contribution in [-0.4, -0.2) is 28.8 Å². The molecule has 7 heteroatoms. The molecule has 0 radical (unpaired) electrons. The molecule has 1 fully saturated rings. The molecule has 2 aromatic carbocycles. The topological polar surface area (TPSA) is 104 Å². The Kier molecular flexibility index (Phi) is 4.95. The van der Waals surface area contributed by atoms with Gasteiger partial charge in [-0.2, -0.15) is 0 Å². The number of nitrogens with zero attached hydrogens (tertiary/aromatic N) is 1. The highest BCUT2D eigenvalue weighted by atomic mass is 16.4. The van der Waals surface area contributed by atoms with Crippen molar-refractivity contribution in [2.75, 3.05) is 10.2 Å². The van der Waals surface area contributed by atoms with Crippen molar-refractivity contribution in [3.05, 3.63) is 71.8 Å². The van der Waals surface area contributed by atoms with Crippen LogP contribution >= 0.6 is 0 Å². The number of aromatic carboxylic acids is 1. The Morgan fingerprint density at radius 1 is 0.967 bits per heavy atom. The highest BCUT2D eigenvalue weighted by Gasteiger charge is 2.50. The summed E-state index contributed by atoms with van der Waals surface area (Å²) < 4.78 is 0. The van der Waals surface area contributed by atoms with Gasteiger partial charge in [0, 0.05) is 11.3 Å². The van der Waals surface area contributed by atoms with Crippen LogP contribution in [0, 0.1) is 17.8 Å². The second-order valence-electron chi connectivity index (χ2n) is 7.55. The number of hydrogen-bond acceptors (Lipinski definition) is 4. The smallest absolute Gasteiger partial charge is 0.335 e. The van der Waals surface area contributed by atoms with Crippen molar-refractivity contribution in [2.24, 2.45) is 17.8 Å². The number of anilines is 2. The van der Waals surface area contributed by atoms with Gasteiger partial charge in [0.1, 0.15) is 0 Å². The third kappa shape index (κ3) is 3.39. The molecule has 2 aromatic rings. The van der Waals surface area contributed by atoms with Gasteiger partial charge in [0.15, 0.2) is 0 Å². The Morgan fingerprint density at radius 3 is 2.20 bits per heavy atom. The van der Waals surface area contributed by atoms with Crippen molar-refractivity contribution in [3.63, 3.8) is 0 Å². The Morgan fingerprint density at radius 2 is 1.60 bits per heavy atom. The molecule has 3 atom stereocenters. The molecule has 1 heterocycles. The minimum Gasteiger partial charge on any atom is -0.478 e. The zero-order valence-electron chi connectivity index (χ0n) is 16.2.